The Morgan fingerprint density at radius 3 is 2.44 bits per heavy atom. The van der Waals surface area contributed by atoms with Crippen LogP contribution in [0.15, 0.2) is 36.7 Å². The molecule has 0 spiro atoms. The maximum Gasteiger partial charge on any atom is 0.251 e. The summed E-state index contributed by atoms with van der Waals surface area (Å²) < 4.78 is 0. The summed E-state index contributed by atoms with van der Waals surface area (Å²) in [6, 6.07) is 8.56. The van der Waals surface area contributed by atoms with E-state index in [4.69, 9.17) is 0 Å². The van der Waals surface area contributed by atoms with Crippen LogP contribution in [0.5, 0.6) is 0 Å². The SMILES string of the molecule is CCC(=O)Nc1ccc(C(=O)NCCNc2cc(NC)ncn2)cc1. The molecule has 132 valence electrons. The second-order valence-corrected chi connectivity index (χ2v) is 5.20. The van der Waals surface area contributed by atoms with E-state index in [0.717, 1.165) is 5.82 Å². The van der Waals surface area contributed by atoms with E-state index in [-0.39, 0.29) is 11.8 Å². The van der Waals surface area contributed by atoms with Crippen LogP contribution in [0.4, 0.5) is 17.3 Å². The second-order valence-electron chi connectivity index (χ2n) is 5.20. The van der Waals surface area contributed by atoms with Gasteiger partial charge in [0.05, 0.1) is 0 Å². The highest BCUT2D eigenvalue weighted by Crippen LogP contribution is 2.10. The van der Waals surface area contributed by atoms with Crippen molar-refractivity contribution >= 4 is 29.1 Å². The molecule has 0 radical (unpaired) electrons. The van der Waals surface area contributed by atoms with Crippen LogP contribution in [0.3, 0.4) is 0 Å². The number of aromatic nitrogens is 2. The molecular weight excluding hydrogens is 320 g/mol. The quantitative estimate of drug-likeness (QED) is 0.544. The first-order valence-corrected chi connectivity index (χ1v) is 8.04. The van der Waals surface area contributed by atoms with E-state index in [1.165, 1.54) is 6.33 Å². The molecule has 0 aliphatic carbocycles. The van der Waals surface area contributed by atoms with Crippen LogP contribution >= 0.6 is 0 Å². The first kappa shape index (κ1) is 18.2. The van der Waals surface area contributed by atoms with Gasteiger partial charge in [0.1, 0.15) is 18.0 Å². The van der Waals surface area contributed by atoms with Crippen LogP contribution in [-0.2, 0) is 4.79 Å². The molecule has 0 atom stereocenters. The molecule has 0 saturated heterocycles. The zero-order valence-electron chi connectivity index (χ0n) is 14.3. The average molecular weight is 342 g/mol. The van der Waals surface area contributed by atoms with Gasteiger partial charge in [0.25, 0.3) is 5.91 Å². The van der Waals surface area contributed by atoms with Gasteiger partial charge in [-0.05, 0) is 24.3 Å². The molecule has 2 amide bonds. The summed E-state index contributed by atoms with van der Waals surface area (Å²) in [6.07, 6.45) is 1.88. The van der Waals surface area contributed by atoms with Crippen LogP contribution in [0, 0.1) is 0 Å². The molecule has 1 aromatic heterocycles. The number of amides is 2. The number of benzene rings is 1. The van der Waals surface area contributed by atoms with Gasteiger partial charge in [-0.25, -0.2) is 9.97 Å². The van der Waals surface area contributed by atoms with Crippen molar-refractivity contribution in [3.63, 3.8) is 0 Å². The molecule has 0 aliphatic rings. The van der Waals surface area contributed by atoms with E-state index in [1.54, 1.807) is 44.3 Å². The molecule has 0 unspecified atom stereocenters. The number of carbonyl (C=O) groups is 2. The van der Waals surface area contributed by atoms with Gasteiger partial charge in [-0.1, -0.05) is 6.92 Å². The Morgan fingerprint density at radius 2 is 1.76 bits per heavy atom. The van der Waals surface area contributed by atoms with E-state index >= 15 is 0 Å². The third-order valence-electron chi connectivity index (χ3n) is 3.39. The molecule has 25 heavy (non-hydrogen) atoms. The minimum atomic E-state index is -0.172. The predicted molar refractivity (Wildman–Crippen MR) is 97.8 cm³/mol. The molecule has 4 N–H and O–H groups in total. The Morgan fingerprint density at radius 1 is 1.04 bits per heavy atom. The third kappa shape index (κ3) is 5.76. The van der Waals surface area contributed by atoms with Crippen molar-refractivity contribution in [3.8, 4) is 0 Å². The summed E-state index contributed by atoms with van der Waals surface area (Å²) in [7, 11) is 1.78. The molecule has 1 heterocycles. The van der Waals surface area contributed by atoms with Crippen LogP contribution < -0.4 is 21.3 Å². The first-order valence-electron chi connectivity index (χ1n) is 8.04. The molecule has 2 rings (SSSR count). The number of hydrogen-bond donors (Lipinski definition) is 4. The highest BCUT2D eigenvalue weighted by molar-refractivity contribution is 5.95. The fourth-order valence-corrected chi connectivity index (χ4v) is 2.01. The molecule has 8 heteroatoms. The first-order chi connectivity index (χ1) is 12.1. The van der Waals surface area contributed by atoms with Crippen molar-refractivity contribution in [3.05, 3.63) is 42.2 Å². The smallest absolute Gasteiger partial charge is 0.251 e. The van der Waals surface area contributed by atoms with Gasteiger partial charge in [0.15, 0.2) is 0 Å². The lowest BCUT2D eigenvalue weighted by molar-refractivity contribution is -0.115. The molecule has 2 aromatic rings. The zero-order chi connectivity index (χ0) is 18.1. The molecule has 8 nitrogen and oxygen atoms in total. The lowest BCUT2D eigenvalue weighted by Gasteiger charge is -2.09. The van der Waals surface area contributed by atoms with E-state index in [2.05, 4.69) is 31.2 Å². The van der Waals surface area contributed by atoms with Crippen molar-refractivity contribution in [2.45, 2.75) is 13.3 Å². The van der Waals surface area contributed by atoms with Gasteiger partial charge < -0.3 is 21.3 Å². The highest BCUT2D eigenvalue weighted by Gasteiger charge is 2.05. The average Bonchev–Trinajstić information content (AvgIpc) is 2.65. The van der Waals surface area contributed by atoms with E-state index in [0.29, 0.717) is 36.6 Å². The van der Waals surface area contributed by atoms with Crippen LogP contribution in [0.25, 0.3) is 0 Å². The molecular formula is C17H22N6O2. The minimum Gasteiger partial charge on any atom is -0.373 e. The Balaban J connectivity index is 1.77. The maximum absolute atomic E-state index is 12.1. The number of hydrogen-bond acceptors (Lipinski definition) is 6. The van der Waals surface area contributed by atoms with Gasteiger partial charge >= 0.3 is 0 Å². The summed E-state index contributed by atoms with van der Waals surface area (Å²) in [4.78, 5) is 31.5. The lowest BCUT2D eigenvalue weighted by Crippen LogP contribution is -2.28. The topological polar surface area (TPSA) is 108 Å². The van der Waals surface area contributed by atoms with Crippen molar-refractivity contribution in [2.75, 3.05) is 36.1 Å². The Kier molecular flexibility index (Phi) is 6.70. The van der Waals surface area contributed by atoms with Gasteiger partial charge in [-0.3, -0.25) is 9.59 Å². The van der Waals surface area contributed by atoms with E-state index in [1.807, 2.05) is 0 Å². The van der Waals surface area contributed by atoms with E-state index in [9.17, 15) is 9.59 Å². The van der Waals surface area contributed by atoms with Crippen molar-refractivity contribution < 1.29 is 9.59 Å². The molecule has 0 aliphatic heterocycles. The fourth-order valence-electron chi connectivity index (χ4n) is 2.01. The third-order valence-corrected chi connectivity index (χ3v) is 3.39. The van der Waals surface area contributed by atoms with Crippen LogP contribution in [0.2, 0.25) is 0 Å². The van der Waals surface area contributed by atoms with Crippen molar-refractivity contribution in [2.24, 2.45) is 0 Å². The number of carbonyl (C=O) groups excluding carboxylic acids is 2. The number of rotatable bonds is 8. The van der Waals surface area contributed by atoms with Crippen molar-refractivity contribution in [1.82, 2.24) is 15.3 Å². The summed E-state index contributed by atoms with van der Waals surface area (Å²) in [5, 5.41) is 11.6. The number of anilines is 3. The van der Waals surface area contributed by atoms with Gasteiger partial charge in [-0.2, -0.15) is 0 Å². The summed E-state index contributed by atoms with van der Waals surface area (Å²) in [5.41, 5.74) is 1.21. The monoisotopic (exact) mass is 342 g/mol. The Labute approximate surface area is 146 Å². The normalized spacial score (nSPS) is 10.0. The van der Waals surface area contributed by atoms with E-state index < -0.39 is 0 Å². The van der Waals surface area contributed by atoms with Crippen molar-refractivity contribution in [1.29, 1.82) is 0 Å². The highest BCUT2D eigenvalue weighted by atomic mass is 16.2. The van der Waals surface area contributed by atoms with Gasteiger partial charge in [-0.15, -0.1) is 0 Å². The Hall–Kier alpha value is -3.16. The maximum atomic E-state index is 12.1. The standard InChI is InChI=1S/C17H22N6O2/c1-3-16(24)23-13-6-4-12(5-7-13)17(25)20-9-8-19-15-10-14(18-2)21-11-22-15/h4-7,10-11H,3,8-9H2,1-2H3,(H,20,25)(H,23,24)(H2,18,19,21,22). The fraction of sp³-hybridized carbons (Fsp3) is 0.294. The van der Waals surface area contributed by atoms with Gasteiger partial charge in [0.2, 0.25) is 5.91 Å². The zero-order valence-corrected chi connectivity index (χ0v) is 14.3. The second kappa shape index (κ2) is 9.21. The minimum absolute atomic E-state index is 0.0607. The molecule has 0 bridgehead atoms. The molecule has 0 fully saturated rings. The number of nitrogens with zero attached hydrogens (tertiary/aromatic N) is 2. The molecule has 1 aromatic carbocycles. The Bertz CT molecular complexity index is 717. The largest absolute Gasteiger partial charge is 0.373 e. The van der Waals surface area contributed by atoms with Crippen LogP contribution in [0.1, 0.15) is 23.7 Å². The van der Waals surface area contributed by atoms with Crippen LogP contribution in [-0.4, -0.2) is 41.9 Å². The van der Waals surface area contributed by atoms with Gasteiger partial charge in [0, 0.05) is 43.9 Å². The summed E-state index contributed by atoms with van der Waals surface area (Å²) in [6.45, 7) is 2.77. The molecule has 0 saturated carbocycles. The predicted octanol–water partition coefficient (Wildman–Crippen LogP) is 1.71. The lowest BCUT2D eigenvalue weighted by atomic mass is 10.2. The number of nitrogens with one attached hydrogen (secondary N) is 4. The summed E-state index contributed by atoms with van der Waals surface area (Å²) in [5.74, 6) is 1.17. The summed E-state index contributed by atoms with van der Waals surface area (Å²) >= 11 is 0.